The molecule has 0 aromatic heterocycles. The standard InChI is InChI=1S/C25H26N2S/c1-19-13-14-25-23(16-19)27(22-11-5-6-12-24(22)28-25)21-10-7-15-26(18-21)17-20-8-3-2-4-9-20/h2-6,8-9,11-14,16,21H,7,10,15,17-18H2,1H3. The largest absolute Gasteiger partial charge is 0.335 e. The number of hydrogen-bond acceptors (Lipinski definition) is 3. The van der Waals surface area contributed by atoms with Crippen LogP contribution in [0.25, 0.3) is 0 Å². The van der Waals surface area contributed by atoms with Gasteiger partial charge in [-0.3, -0.25) is 4.90 Å². The first-order valence-electron chi connectivity index (χ1n) is 10.2. The van der Waals surface area contributed by atoms with Crippen molar-refractivity contribution in [2.24, 2.45) is 0 Å². The summed E-state index contributed by atoms with van der Waals surface area (Å²) in [6.45, 7) is 5.55. The summed E-state index contributed by atoms with van der Waals surface area (Å²) in [6, 6.07) is 27.2. The van der Waals surface area contributed by atoms with Crippen LogP contribution >= 0.6 is 11.8 Å². The number of para-hydroxylation sites is 1. The van der Waals surface area contributed by atoms with Gasteiger partial charge in [0.25, 0.3) is 0 Å². The fraction of sp³-hybridized carbons (Fsp3) is 0.280. The summed E-state index contributed by atoms with van der Waals surface area (Å²) < 4.78 is 0. The molecule has 1 saturated heterocycles. The molecule has 0 bridgehead atoms. The molecule has 0 N–H and O–H groups in total. The summed E-state index contributed by atoms with van der Waals surface area (Å²) in [5, 5.41) is 0. The number of aryl methyl sites for hydroxylation is 1. The van der Waals surface area contributed by atoms with Crippen LogP contribution in [0.3, 0.4) is 0 Å². The van der Waals surface area contributed by atoms with E-state index < -0.39 is 0 Å². The van der Waals surface area contributed by atoms with E-state index in [0.29, 0.717) is 6.04 Å². The van der Waals surface area contributed by atoms with Gasteiger partial charge in [-0.15, -0.1) is 0 Å². The molecule has 1 atom stereocenters. The van der Waals surface area contributed by atoms with Crippen LogP contribution in [-0.4, -0.2) is 24.0 Å². The van der Waals surface area contributed by atoms with Crippen LogP contribution in [-0.2, 0) is 6.54 Å². The molecule has 5 rings (SSSR count). The van der Waals surface area contributed by atoms with Gasteiger partial charge in [-0.2, -0.15) is 0 Å². The van der Waals surface area contributed by atoms with E-state index in [2.05, 4.69) is 89.5 Å². The van der Waals surface area contributed by atoms with Gasteiger partial charge < -0.3 is 4.90 Å². The number of fused-ring (bicyclic) bond motifs is 2. The van der Waals surface area contributed by atoms with Crippen molar-refractivity contribution in [1.29, 1.82) is 0 Å². The zero-order valence-corrected chi connectivity index (χ0v) is 17.2. The van der Waals surface area contributed by atoms with Gasteiger partial charge in [0.05, 0.1) is 11.4 Å². The first-order chi connectivity index (χ1) is 13.8. The molecule has 2 heterocycles. The SMILES string of the molecule is Cc1ccc2c(c1)N(C1CCCN(Cc3ccccc3)C1)c1ccccc1S2. The third-order valence-corrected chi connectivity index (χ3v) is 6.94. The van der Waals surface area contributed by atoms with Crippen molar-refractivity contribution in [1.82, 2.24) is 4.90 Å². The normalized spacial score (nSPS) is 19.2. The molecule has 2 nitrogen and oxygen atoms in total. The zero-order valence-electron chi connectivity index (χ0n) is 16.3. The summed E-state index contributed by atoms with van der Waals surface area (Å²) >= 11 is 1.91. The monoisotopic (exact) mass is 386 g/mol. The molecular weight excluding hydrogens is 360 g/mol. The Hall–Kier alpha value is -2.23. The lowest BCUT2D eigenvalue weighted by Gasteiger charge is -2.43. The quantitative estimate of drug-likeness (QED) is 0.524. The highest BCUT2D eigenvalue weighted by molar-refractivity contribution is 7.99. The van der Waals surface area contributed by atoms with E-state index in [1.54, 1.807) is 0 Å². The van der Waals surface area contributed by atoms with E-state index in [9.17, 15) is 0 Å². The maximum absolute atomic E-state index is 2.63. The van der Waals surface area contributed by atoms with E-state index >= 15 is 0 Å². The summed E-state index contributed by atoms with van der Waals surface area (Å²) in [5.41, 5.74) is 5.50. The van der Waals surface area contributed by atoms with Crippen LogP contribution in [0.15, 0.2) is 82.6 Å². The molecule has 0 aliphatic carbocycles. The Balaban J connectivity index is 1.47. The fourth-order valence-corrected chi connectivity index (χ4v) is 5.57. The molecule has 1 unspecified atom stereocenters. The Morgan fingerprint density at radius 2 is 1.68 bits per heavy atom. The number of nitrogens with zero attached hydrogens (tertiary/aromatic N) is 2. The van der Waals surface area contributed by atoms with Crippen LogP contribution in [0.1, 0.15) is 24.0 Å². The molecule has 0 amide bonds. The van der Waals surface area contributed by atoms with Crippen molar-refractivity contribution in [3.63, 3.8) is 0 Å². The summed E-state index contributed by atoms with van der Waals surface area (Å²) in [6.07, 6.45) is 2.50. The first kappa shape index (κ1) is 17.8. The maximum atomic E-state index is 2.63. The number of anilines is 2. The third kappa shape index (κ3) is 3.45. The van der Waals surface area contributed by atoms with E-state index in [0.717, 1.165) is 13.1 Å². The predicted octanol–water partition coefficient (Wildman–Crippen LogP) is 6.26. The lowest BCUT2D eigenvalue weighted by atomic mass is 10.0. The summed E-state index contributed by atoms with van der Waals surface area (Å²) in [4.78, 5) is 8.01. The Bertz CT molecular complexity index is 969. The van der Waals surface area contributed by atoms with Crippen molar-refractivity contribution in [2.45, 2.75) is 42.1 Å². The second-order valence-electron chi connectivity index (χ2n) is 7.93. The molecule has 3 aromatic carbocycles. The molecule has 0 radical (unpaired) electrons. The fourth-order valence-electron chi connectivity index (χ4n) is 4.51. The van der Waals surface area contributed by atoms with Crippen molar-refractivity contribution in [3.8, 4) is 0 Å². The molecule has 3 heteroatoms. The van der Waals surface area contributed by atoms with Crippen molar-refractivity contribution >= 4 is 23.1 Å². The van der Waals surface area contributed by atoms with Gasteiger partial charge in [-0.25, -0.2) is 0 Å². The van der Waals surface area contributed by atoms with Gasteiger partial charge in [0.15, 0.2) is 0 Å². The number of likely N-dealkylation sites (tertiary alicyclic amines) is 1. The molecule has 142 valence electrons. The molecule has 2 aliphatic rings. The van der Waals surface area contributed by atoms with Crippen LogP contribution in [0.5, 0.6) is 0 Å². The van der Waals surface area contributed by atoms with Gasteiger partial charge in [0.2, 0.25) is 0 Å². The van der Waals surface area contributed by atoms with Gasteiger partial charge >= 0.3 is 0 Å². The molecule has 0 saturated carbocycles. The Morgan fingerprint density at radius 3 is 2.57 bits per heavy atom. The maximum Gasteiger partial charge on any atom is 0.0558 e. The summed E-state index contributed by atoms with van der Waals surface area (Å²) in [7, 11) is 0. The van der Waals surface area contributed by atoms with Crippen molar-refractivity contribution in [3.05, 3.63) is 83.9 Å². The van der Waals surface area contributed by atoms with Crippen LogP contribution in [0.2, 0.25) is 0 Å². The van der Waals surface area contributed by atoms with Gasteiger partial charge in [0, 0.05) is 28.9 Å². The highest BCUT2D eigenvalue weighted by atomic mass is 32.2. The summed E-state index contributed by atoms with van der Waals surface area (Å²) in [5.74, 6) is 0. The number of hydrogen-bond donors (Lipinski definition) is 0. The molecule has 2 aliphatic heterocycles. The molecule has 3 aromatic rings. The van der Waals surface area contributed by atoms with Crippen LogP contribution < -0.4 is 4.90 Å². The minimum absolute atomic E-state index is 0.514. The third-order valence-electron chi connectivity index (χ3n) is 5.81. The van der Waals surface area contributed by atoms with Gasteiger partial charge in [0.1, 0.15) is 0 Å². The highest BCUT2D eigenvalue weighted by Gasteiger charge is 2.32. The van der Waals surface area contributed by atoms with Crippen LogP contribution in [0, 0.1) is 6.92 Å². The minimum atomic E-state index is 0.514. The van der Waals surface area contributed by atoms with Gasteiger partial charge in [-0.05, 0) is 61.7 Å². The van der Waals surface area contributed by atoms with E-state index in [-0.39, 0.29) is 0 Å². The molecule has 0 spiro atoms. The molecule has 1 fully saturated rings. The Morgan fingerprint density at radius 1 is 0.893 bits per heavy atom. The van der Waals surface area contributed by atoms with Crippen LogP contribution in [0.4, 0.5) is 11.4 Å². The lowest BCUT2D eigenvalue weighted by molar-refractivity contribution is 0.200. The second-order valence-corrected chi connectivity index (χ2v) is 9.01. The molecule has 28 heavy (non-hydrogen) atoms. The first-order valence-corrected chi connectivity index (χ1v) is 11.0. The lowest BCUT2D eigenvalue weighted by Crippen LogP contribution is -2.46. The Kier molecular flexibility index (Phi) is 4.87. The van der Waals surface area contributed by atoms with Gasteiger partial charge in [-0.1, -0.05) is 60.3 Å². The zero-order chi connectivity index (χ0) is 18.9. The number of benzene rings is 3. The second kappa shape index (κ2) is 7.65. The van der Waals surface area contributed by atoms with E-state index in [1.165, 1.54) is 51.7 Å². The average Bonchev–Trinajstić information content (AvgIpc) is 2.73. The van der Waals surface area contributed by atoms with E-state index in [1.807, 2.05) is 11.8 Å². The number of piperidine rings is 1. The topological polar surface area (TPSA) is 6.48 Å². The predicted molar refractivity (Wildman–Crippen MR) is 119 cm³/mol. The smallest absolute Gasteiger partial charge is 0.0558 e. The van der Waals surface area contributed by atoms with E-state index in [4.69, 9.17) is 0 Å². The van der Waals surface area contributed by atoms with Crippen molar-refractivity contribution < 1.29 is 0 Å². The van der Waals surface area contributed by atoms with Crippen molar-refractivity contribution in [2.75, 3.05) is 18.0 Å². The number of rotatable bonds is 3. The highest BCUT2D eigenvalue weighted by Crippen LogP contribution is 2.49. The average molecular weight is 387 g/mol. The minimum Gasteiger partial charge on any atom is -0.335 e. The Labute approximate surface area is 172 Å². The molecular formula is C25H26N2S.